The Bertz CT molecular complexity index is 3030. The molecule has 0 radical (unpaired) electrons. The van der Waals surface area contributed by atoms with E-state index in [9.17, 15) is 0 Å². The van der Waals surface area contributed by atoms with Crippen LogP contribution in [-0.2, 0) is 34.5 Å². The quantitative estimate of drug-likeness (QED) is 0.163. The molecule has 0 fully saturated rings. The van der Waals surface area contributed by atoms with E-state index in [-0.39, 0.29) is 33.8 Å². The molecule has 334 valence electrons. The number of fused-ring (bicyclic) bond motifs is 5. The van der Waals surface area contributed by atoms with Gasteiger partial charge < -0.3 is 9.80 Å². The molecule has 7 aromatic rings. The molecule has 2 heterocycles. The first kappa shape index (κ1) is 44.1. The Morgan fingerprint density at radius 1 is 0.394 bits per heavy atom. The lowest BCUT2D eigenvalue weighted by Crippen LogP contribution is -2.61. The predicted octanol–water partition coefficient (Wildman–Crippen LogP) is 15.4. The zero-order valence-corrected chi connectivity index (χ0v) is 42.2. The summed E-state index contributed by atoms with van der Waals surface area (Å²) in [6.07, 6.45) is 2.16. The van der Waals surface area contributed by atoms with Crippen molar-refractivity contribution < 1.29 is 0 Å². The third-order valence-corrected chi connectivity index (χ3v) is 14.8. The van der Waals surface area contributed by atoms with E-state index in [4.69, 9.17) is 0 Å². The maximum absolute atomic E-state index is 2.70. The molecule has 0 aromatic heterocycles. The Kier molecular flexibility index (Phi) is 10.1. The first-order valence-electron chi connectivity index (χ1n) is 24.5. The number of rotatable bonds is 4. The second kappa shape index (κ2) is 15.1. The monoisotopic (exact) mass is 865 g/mol. The van der Waals surface area contributed by atoms with Crippen LogP contribution in [0.5, 0.6) is 0 Å². The van der Waals surface area contributed by atoms with Gasteiger partial charge in [-0.2, -0.15) is 0 Å². The summed E-state index contributed by atoms with van der Waals surface area (Å²) < 4.78 is 0. The molecule has 2 aliphatic heterocycles. The van der Waals surface area contributed by atoms with E-state index in [0.29, 0.717) is 0 Å². The molecule has 3 aliphatic rings. The van der Waals surface area contributed by atoms with Gasteiger partial charge in [0.1, 0.15) is 0 Å². The maximum Gasteiger partial charge on any atom is 0.252 e. The second-order valence-corrected chi connectivity index (χ2v) is 24.7. The standard InChI is InChI=1S/C63H69BN2/c1-59(2,3)45-23-27-49(28-24-45)65-54-30-26-47(61(7,8)9)35-52(54)64-51-32-43-38-63(13,14)39-44(43)33-55(51)66(57-37-48(62(10,11)12)36-56(65)58(57)64)53-29-25-46(60(4,5)6)34-50(53)42-22-18-21-41(31-42)40-19-16-15-17-20-40/h15-37H,38-39H2,1-14H3. The molecule has 0 unspecified atom stereocenters. The molecule has 66 heavy (non-hydrogen) atoms. The van der Waals surface area contributed by atoms with E-state index in [0.717, 1.165) is 12.8 Å². The van der Waals surface area contributed by atoms with Crippen molar-refractivity contribution in [3.63, 3.8) is 0 Å². The van der Waals surface area contributed by atoms with Crippen LogP contribution in [-0.4, -0.2) is 6.71 Å². The fourth-order valence-electron chi connectivity index (χ4n) is 11.0. The highest BCUT2D eigenvalue weighted by Crippen LogP contribution is 2.51. The van der Waals surface area contributed by atoms with Crippen LogP contribution in [0.15, 0.2) is 140 Å². The van der Waals surface area contributed by atoms with Crippen molar-refractivity contribution in [1.82, 2.24) is 0 Å². The molecule has 10 rings (SSSR count). The molecule has 0 spiro atoms. The largest absolute Gasteiger partial charge is 0.311 e. The number of anilines is 6. The highest BCUT2D eigenvalue weighted by Gasteiger charge is 2.46. The molecule has 3 heteroatoms. The van der Waals surface area contributed by atoms with Gasteiger partial charge in [-0.05, 0) is 161 Å². The average molecular weight is 865 g/mol. The van der Waals surface area contributed by atoms with Crippen molar-refractivity contribution in [2.75, 3.05) is 9.80 Å². The van der Waals surface area contributed by atoms with Crippen LogP contribution in [0.25, 0.3) is 22.3 Å². The van der Waals surface area contributed by atoms with Gasteiger partial charge in [-0.25, -0.2) is 0 Å². The molecule has 7 aromatic carbocycles. The van der Waals surface area contributed by atoms with E-state index in [1.165, 1.54) is 106 Å². The van der Waals surface area contributed by atoms with Crippen molar-refractivity contribution in [1.29, 1.82) is 0 Å². The lowest BCUT2D eigenvalue weighted by atomic mass is 9.33. The predicted molar refractivity (Wildman–Crippen MR) is 287 cm³/mol. The zero-order chi connectivity index (χ0) is 46.9. The topological polar surface area (TPSA) is 6.48 Å². The molecule has 0 bridgehead atoms. The van der Waals surface area contributed by atoms with Crippen LogP contribution in [0.4, 0.5) is 34.1 Å². The van der Waals surface area contributed by atoms with Gasteiger partial charge in [0.2, 0.25) is 0 Å². The van der Waals surface area contributed by atoms with Gasteiger partial charge in [-0.15, -0.1) is 0 Å². The van der Waals surface area contributed by atoms with Gasteiger partial charge in [-0.3, -0.25) is 0 Å². The fourth-order valence-corrected chi connectivity index (χ4v) is 11.0. The minimum absolute atomic E-state index is 0.0170. The number of benzene rings is 7. The third-order valence-electron chi connectivity index (χ3n) is 14.8. The van der Waals surface area contributed by atoms with Crippen molar-refractivity contribution >= 4 is 57.2 Å². The van der Waals surface area contributed by atoms with Crippen molar-refractivity contribution in [2.45, 2.75) is 131 Å². The zero-order valence-electron chi connectivity index (χ0n) is 42.2. The molecule has 1 aliphatic carbocycles. The molecule has 0 saturated heterocycles. The van der Waals surface area contributed by atoms with E-state index in [1.54, 1.807) is 0 Å². The van der Waals surface area contributed by atoms with E-state index >= 15 is 0 Å². The van der Waals surface area contributed by atoms with Crippen molar-refractivity contribution in [3.05, 3.63) is 173 Å². The van der Waals surface area contributed by atoms with Gasteiger partial charge in [-0.1, -0.05) is 182 Å². The van der Waals surface area contributed by atoms with Crippen LogP contribution in [0.3, 0.4) is 0 Å². The van der Waals surface area contributed by atoms with Crippen LogP contribution >= 0.6 is 0 Å². The summed E-state index contributed by atoms with van der Waals surface area (Å²) in [4.78, 5) is 5.30. The summed E-state index contributed by atoms with van der Waals surface area (Å²) in [5.74, 6) is 0. The van der Waals surface area contributed by atoms with Crippen molar-refractivity contribution in [2.24, 2.45) is 5.41 Å². The fraction of sp³-hybridized carbons (Fsp3) is 0.333. The maximum atomic E-state index is 2.70. The number of hydrogen-bond acceptors (Lipinski definition) is 2. The number of hydrogen-bond donors (Lipinski definition) is 0. The van der Waals surface area contributed by atoms with Crippen LogP contribution < -0.4 is 26.2 Å². The summed E-state index contributed by atoms with van der Waals surface area (Å²) in [6.45, 7) is 33.1. The summed E-state index contributed by atoms with van der Waals surface area (Å²) in [6, 6.07) is 54.6. The Morgan fingerprint density at radius 3 is 1.53 bits per heavy atom. The van der Waals surface area contributed by atoms with Gasteiger partial charge in [0.05, 0.1) is 5.69 Å². The third kappa shape index (κ3) is 7.61. The second-order valence-electron chi connectivity index (χ2n) is 24.7. The van der Waals surface area contributed by atoms with Crippen LogP contribution in [0.1, 0.15) is 130 Å². The molecular weight excluding hydrogens is 796 g/mol. The summed E-state index contributed by atoms with van der Waals surface area (Å²) >= 11 is 0. The molecule has 0 N–H and O–H groups in total. The Morgan fingerprint density at radius 2 is 0.909 bits per heavy atom. The SMILES string of the molecule is CC1(C)Cc2cc3c(cc2C1)N(c1ccc(C(C)(C)C)cc1-c1cccc(-c2ccccc2)c1)c1cc(C(C)(C)C)cc2c1B3c1cc(C(C)(C)C)ccc1N2c1ccc(C(C)(C)C)cc1. The smallest absolute Gasteiger partial charge is 0.252 e. The lowest BCUT2D eigenvalue weighted by molar-refractivity contribution is 0.392. The highest BCUT2D eigenvalue weighted by molar-refractivity contribution is 7.00. The molecule has 0 amide bonds. The summed E-state index contributed by atoms with van der Waals surface area (Å²) in [7, 11) is 0. The molecule has 0 saturated carbocycles. The van der Waals surface area contributed by atoms with E-state index < -0.39 is 0 Å². The average Bonchev–Trinajstić information content (AvgIpc) is 3.56. The van der Waals surface area contributed by atoms with Crippen molar-refractivity contribution in [3.8, 4) is 22.3 Å². The minimum atomic E-state index is -0.115. The van der Waals surface area contributed by atoms with Gasteiger partial charge in [0, 0.05) is 34.0 Å². The normalized spacial score (nSPS) is 15.3. The van der Waals surface area contributed by atoms with E-state index in [1.807, 2.05) is 0 Å². The first-order valence-corrected chi connectivity index (χ1v) is 24.5. The van der Waals surface area contributed by atoms with Gasteiger partial charge in [0.15, 0.2) is 0 Å². The summed E-state index contributed by atoms with van der Waals surface area (Å²) in [5, 5.41) is 0. The first-order chi connectivity index (χ1) is 31.0. The Labute approximate surface area is 397 Å². The van der Waals surface area contributed by atoms with Gasteiger partial charge in [0.25, 0.3) is 6.71 Å². The minimum Gasteiger partial charge on any atom is -0.311 e. The number of nitrogens with zero attached hydrogens (tertiary/aromatic N) is 2. The van der Waals surface area contributed by atoms with Crippen LogP contribution in [0.2, 0.25) is 0 Å². The Hall–Kier alpha value is -5.80. The lowest BCUT2D eigenvalue weighted by Gasteiger charge is -2.46. The summed E-state index contributed by atoms with van der Waals surface area (Å²) in [5.41, 5.74) is 25.1. The molecular formula is C63H69BN2. The highest BCUT2D eigenvalue weighted by atomic mass is 15.2. The Balaban J connectivity index is 1.33. The molecule has 2 nitrogen and oxygen atoms in total. The van der Waals surface area contributed by atoms with Gasteiger partial charge >= 0.3 is 0 Å². The van der Waals surface area contributed by atoms with E-state index in [2.05, 4.69) is 246 Å². The molecule has 0 atom stereocenters. The van der Waals surface area contributed by atoms with Crippen LogP contribution in [0, 0.1) is 5.41 Å².